The Morgan fingerprint density at radius 3 is 2.48 bits per heavy atom. The maximum Gasteiger partial charge on any atom is 0.407 e. The van der Waals surface area contributed by atoms with Crippen LogP contribution in [0.3, 0.4) is 0 Å². The summed E-state index contributed by atoms with van der Waals surface area (Å²) >= 11 is 0. The first-order chi connectivity index (χ1) is 15.7. The zero-order valence-electron chi connectivity index (χ0n) is 19.4. The second-order valence-corrected chi connectivity index (χ2v) is 9.96. The molecule has 2 N–H and O–H groups in total. The Hall–Kier alpha value is -3.09. The molecule has 1 fully saturated rings. The predicted molar refractivity (Wildman–Crippen MR) is 124 cm³/mol. The molecule has 6 nitrogen and oxygen atoms in total. The normalized spacial score (nSPS) is 22.1. The molecule has 7 heteroatoms. The van der Waals surface area contributed by atoms with E-state index in [2.05, 4.69) is 16.7 Å². The Bertz CT molecular complexity index is 997. The molecule has 1 atom stereocenters. The number of fused-ring (bicyclic) bond motifs is 1. The summed E-state index contributed by atoms with van der Waals surface area (Å²) in [6.45, 7) is 6.66. The van der Waals surface area contributed by atoms with Crippen LogP contribution in [0.4, 0.5) is 14.0 Å². The van der Waals surface area contributed by atoms with Gasteiger partial charge in [0, 0.05) is 19.1 Å². The average molecular weight is 454 g/mol. The molecular formula is C26H32FN3O3. The van der Waals surface area contributed by atoms with Gasteiger partial charge >= 0.3 is 12.1 Å². The fourth-order valence-electron chi connectivity index (χ4n) is 4.62. The van der Waals surface area contributed by atoms with Gasteiger partial charge in [-0.05, 0) is 74.8 Å². The molecule has 1 aliphatic carbocycles. The molecule has 1 heterocycles. The summed E-state index contributed by atoms with van der Waals surface area (Å²) in [7, 11) is 0. The molecule has 0 radical (unpaired) electrons. The summed E-state index contributed by atoms with van der Waals surface area (Å²) < 4.78 is 18.8. The molecule has 2 aliphatic rings. The van der Waals surface area contributed by atoms with Gasteiger partial charge < -0.3 is 20.3 Å². The second-order valence-electron chi connectivity index (χ2n) is 9.96. The maximum atomic E-state index is 13.5. The van der Waals surface area contributed by atoms with Gasteiger partial charge in [0.15, 0.2) is 0 Å². The number of amides is 3. The van der Waals surface area contributed by atoms with Crippen molar-refractivity contribution >= 4 is 12.1 Å². The summed E-state index contributed by atoms with van der Waals surface area (Å²) in [5.74, 6) is 0.0219. The van der Waals surface area contributed by atoms with Crippen molar-refractivity contribution in [2.24, 2.45) is 5.92 Å². The summed E-state index contributed by atoms with van der Waals surface area (Å²) in [6.07, 6.45) is 2.00. The number of halogens is 1. The van der Waals surface area contributed by atoms with E-state index in [1.165, 1.54) is 17.7 Å². The minimum Gasteiger partial charge on any atom is -0.444 e. The Morgan fingerprint density at radius 1 is 1.09 bits per heavy atom. The average Bonchev–Trinajstić information content (AvgIpc) is 2.73. The largest absolute Gasteiger partial charge is 0.444 e. The lowest BCUT2D eigenvalue weighted by Crippen LogP contribution is -2.51. The molecule has 0 saturated heterocycles. The van der Waals surface area contributed by atoms with Gasteiger partial charge in [-0.2, -0.15) is 0 Å². The van der Waals surface area contributed by atoms with Gasteiger partial charge in [-0.1, -0.05) is 36.4 Å². The van der Waals surface area contributed by atoms with E-state index in [0.717, 1.165) is 30.4 Å². The van der Waals surface area contributed by atoms with Crippen LogP contribution in [-0.4, -0.2) is 41.8 Å². The van der Waals surface area contributed by atoms with Crippen molar-refractivity contribution in [1.82, 2.24) is 15.5 Å². The molecule has 0 bridgehead atoms. The number of hydrogen-bond donors (Lipinski definition) is 2. The van der Waals surface area contributed by atoms with E-state index in [1.807, 2.05) is 43.9 Å². The number of urea groups is 1. The highest BCUT2D eigenvalue weighted by atomic mass is 19.1. The highest BCUT2D eigenvalue weighted by Crippen LogP contribution is 2.35. The van der Waals surface area contributed by atoms with Crippen LogP contribution in [0.1, 0.15) is 56.3 Å². The number of benzene rings is 2. The number of nitrogens with one attached hydrogen (secondary N) is 2. The number of rotatable bonds is 4. The van der Waals surface area contributed by atoms with E-state index in [0.29, 0.717) is 19.0 Å². The van der Waals surface area contributed by atoms with Crippen molar-refractivity contribution < 1.29 is 18.7 Å². The minimum atomic E-state index is -0.519. The Kier molecular flexibility index (Phi) is 6.58. The molecule has 2 aromatic rings. The highest BCUT2D eigenvalue weighted by molar-refractivity contribution is 5.76. The molecule has 33 heavy (non-hydrogen) atoms. The lowest BCUT2D eigenvalue weighted by molar-refractivity contribution is 0.0452. The van der Waals surface area contributed by atoms with Crippen LogP contribution in [0.2, 0.25) is 0 Å². The van der Waals surface area contributed by atoms with Crippen molar-refractivity contribution in [1.29, 1.82) is 0 Å². The topological polar surface area (TPSA) is 70.7 Å². The third-order valence-corrected chi connectivity index (χ3v) is 6.23. The second kappa shape index (κ2) is 9.41. The molecule has 3 amide bonds. The molecule has 1 aliphatic heterocycles. The first-order valence-corrected chi connectivity index (χ1v) is 11.6. The van der Waals surface area contributed by atoms with Crippen molar-refractivity contribution in [3.63, 3.8) is 0 Å². The van der Waals surface area contributed by atoms with Gasteiger partial charge in [0.1, 0.15) is 11.4 Å². The number of hydrogen-bond acceptors (Lipinski definition) is 3. The third-order valence-electron chi connectivity index (χ3n) is 6.23. The van der Waals surface area contributed by atoms with Crippen LogP contribution < -0.4 is 10.6 Å². The molecular weight excluding hydrogens is 421 g/mol. The van der Waals surface area contributed by atoms with E-state index in [1.54, 1.807) is 12.1 Å². The molecule has 0 unspecified atom stereocenters. The van der Waals surface area contributed by atoms with Gasteiger partial charge in [0.25, 0.3) is 0 Å². The summed E-state index contributed by atoms with van der Waals surface area (Å²) in [4.78, 5) is 26.9. The summed E-state index contributed by atoms with van der Waals surface area (Å²) in [5.41, 5.74) is 2.67. The molecule has 4 rings (SSSR count). The van der Waals surface area contributed by atoms with Crippen LogP contribution in [-0.2, 0) is 11.2 Å². The molecule has 1 saturated carbocycles. The lowest BCUT2D eigenvalue weighted by Gasteiger charge is -2.39. The minimum absolute atomic E-state index is 0.0792. The maximum absolute atomic E-state index is 13.5. The van der Waals surface area contributed by atoms with Crippen LogP contribution >= 0.6 is 0 Å². The number of ether oxygens (including phenoxy) is 1. The number of carbonyl (C=O) groups excluding carboxylic acids is 2. The first-order valence-electron chi connectivity index (χ1n) is 11.6. The van der Waals surface area contributed by atoms with Gasteiger partial charge in [-0.15, -0.1) is 0 Å². The monoisotopic (exact) mass is 453 g/mol. The number of nitrogens with zero attached hydrogens (tertiary/aromatic N) is 1. The van der Waals surface area contributed by atoms with Crippen LogP contribution in [0.25, 0.3) is 0 Å². The van der Waals surface area contributed by atoms with Gasteiger partial charge in [-0.3, -0.25) is 0 Å². The molecule has 0 spiro atoms. The molecule has 176 valence electrons. The van der Waals surface area contributed by atoms with Crippen LogP contribution in [0.15, 0.2) is 48.5 Å². The van der Waals surface area contributed by atoms with Gasteiger partial charge in [0.05, 0.1) is 6.04 Å². The van der Waals surface area contributed by atoms with Gasteiger partial charge in [-0.25, -0.2) is 14.0 Å². The number of carbonyl (C=O) groups is 2. The fraction of sp³-hybridized carbons (Fsp3) is 0.462. The Labute approximate surface area is 194 Å². The zero-order chi connectivity index (χ0) is 23.6. The molecule has 2 aromatic carbocycles. The van der Waals surface area contributed by atoms with Crippen molar-refractivity contribution in [2.45, 2.75) is 57.7 Å². The van der Waals surface area contributed by atoms with Crippen molar-refractivity contribution in [2.75, 3.05) is 13.1 Å². The van der Waals surface area contributed by atoms with E-state index >= 15 is 0 Å². The quantitative estimate of drug-likeness (QED) is 0.700. The summed E-state index contributed by atoms with van der Waals surface area (Å²) in [6, 6.07) is 14.2. The van der Waals surface area contributed by atoms with Gasteiger partial charge in [0.2, 0.25) is 0 Å². The van der Waals surface area contributed by atoms with Crippen LogP contribution in [0.5, 0.6) is 0 Å². The third kappa shape index (κ3) is 5.64. The smallest absolute Gasteiger partial charge is 0.407 e. The van der Waals surface area contributed by atoms with Crippen LogP contribution in [0, 0.1) is 11.7 Å². The Morgan fingerprint density at radius 2 is 1.79 bits per heavy atom. The van der Waals surface area contributed by atoms with E-state index in [-0.39, 0.29) is 23.9 Å². The Balaban J connectivity index is 1.35. The SMILES string of the molecule is CC(C)(C)OC(=O)N[C@H]1C[C@H](CNC(=O)N2CCc3ccccc3[C@@H]2c2ccc(F)cc2)C1. The predicted octanol–water partition coefficient (Wildman–Crippen LogP) is 4.79. The lowest BCUT2D eigenvalue weighted by atomic mass is 9.80. The van der Waals surface area contributed by atoms with E-state index in [4.69, 9.17) is 4.74 Å². The standard InChI is InChI=1S/C26H32FN3O3/c1-26(2,3)33-25(32)29-21-14-17(15-21)16-28-24(31)30-13-12-18-6-4-5-7-22(18)23(30)19-8-10-20(27)11-9-19/h4-11,17,21,23H,12-16H2,1-3H3,(H,28,31)(H,29,32)/t17-,21-,23-/m0/s1. The fourth-order valence-corrected chi connectivity index (χ4v) is 4.62. The zero-order valence-corrected chi connectivity index (χ0v) is 19.4. The molecule has 0 aromatic heterocycles. The van der Waals surface area contributed by atoms with Crippen molar-refractivity contribution in [3.05, 3.63) is 71.0 Å². The summed E-state index contributed by atoms with van der Waals surface area (Å²) in [5, 5.41) is 5.96. The van der Waals surface area contributed by atoms with Crippen molar-refractivity contribution in [3.8, 4) is 0 Å². The number of alkyl carbamates (subject to hydrolysis) is 1. The van der Waals surface area contributed by atoms with E-state index < -0.39 is 11.7 Å². The first kappa shape index (κ1) is 23.1. The highest BCUT2D eigenvalue weighted by Gasteiger charge is 2.35. The van der Waals surface area contributed by atoms with E-state index in [9.17, 15) is 14.0 Å².